The zero-order valence-corrected chi connectivity index (χ0v) is 25.1. The molecule has 8 heteroatoms. The smallest absolute Gasteiger partial charge is 0.323 e. The molecule has 0 aliphatic carbocycles. The van der Waals surface area contributed by atoms with Gasteiger partial charge in [0.25, 0.3) is 5.56 Å². The molecule has 0 unspecified atom stereocenters. The van der Waals surface area contributed by atoms with Gasteiger partial charge >= 0.3 is 6.03 Å². The summed E-state index contributed by atoms with van der Waals surface area (Å²) in [7, 11) is 5.61. The number of anilines is 2. The highest BCUT2D eigenvalue weighted by Crippen LogP contribution is 2.36. The number of nitrogens with one attached hydrogen (secondary N) is 2. The monoisotopic (exact) mass is 555 g/mol. The molecule has 8 nitrogen and oxygen atoms in total. The highest BCUT2D eigenvalue weighted by molar-refractivity contribution is 6.07. The third-order valence-corrected chi connectivity index (χ3v) is 7.22. The predicted molar refractivity (Wildman–Crippen MR) is 168 cm³/mol. The van der Waals surface area contributed by atoms with Crippen molar-refractivity contribution in [2.45, 2.75) is 52.5 Å². The molecular weight excluding hydrogens is 514 g/mol. The Bertz CT molecular complexity index is 1560. The first-order chi connectivity index (χ1) is 19.6. The molecule has 0 atom stereocenters. The van der Waals surface area contributed by atoms with Gasteiger partial charge in [-0.25, -0.2) is 9.78 Å². The van der Waals surface area contributed by atoms with Gasteiger partial charge in [0.15, 0.2) is 0 Å². The maximum Gasteiger partial charge on any atom is 0.323 e. The summed E-state index contributed by atoms with van der Waals surface area (Å²) in [4.78, 5) is 34.6. The van der Waals surface area contributed by atoms with E-state index in [9.17, 15) is 9.59 Å². The minimum absolute atomic E-state index is 0.203. The van der Waals surface area contributed by atoms with Gasteiger partial charge in [-0.3, -0.25) is 9.36 Å². The fourth-order valence-electron chi connectivity index (χ4n) is 5.18. The van der Waals surface area contributed by atoms with E-state index in [1.165, 1.54) is 0 Å². The van der Waals surface area contributed by atoms with E-state index in [-0.39, 0.29) is 23.1 Å². The van der Waals surface area contributed by atoms with Crippen LogP contribution in [0.25, 0.3) is 22.2 Å². The Labute approximate surface area is 242 Å². The van der Waals surface area contributed by atoms with Crippen LogP contribution in [0.1, 0.15) is 57.1 Å². The zero-order valence-electron chi connectivity index (χ0n) is 25.1. The first-order valence-electron chi connectivity index (χ1n) is 14.1. The van der Waals surface area contributed by atoms with Crippen LogP contribution in [-0.2, 0) is 6.54 Å². The molecule has 0 fully saturated rings. The number of carbonyl (C=O) groups is 1. The molecule has 4 aromatic rings. The topological polar surface area (TPSA) is 88.5 Å². The molecule has 41 heavy (non-hydrogen) atoms. The maximum absolute atomic E-state index is 14.2. The Balaban J connectivity index is 1.88. The number of aryl methyl sites for hydroxylation is 1. The molecule has 0 bridgehead atoms. The van der Waals surface area contributed by atoms with Crippen LogP contribution in [0.15, 0.2) is 65.6 Å². The second-order valence-electron chi connectivity index (χ2n) is 11.2. The van der Waals surface area contributed by atoms with Gasteiger partial charge < -0.3 is 20.3 Å². The summed E-state index contributed by atoms with van der Waals surface area (Å²) in [6, 6.07) is 16.9. The number of pyridine rings is 2. The Kier molecular flexibility index (Phi) is 9.45. The number of ether oxygens (including phenoxy) is 1. The molecule has 0 aliphatic rings. The van der Waals surface area contributed by atoms with Crippen molar-refractivity contribution in [2.75, 3.05) is 38.4 Å². The van der Waals surface area contributed by atoms with Crippen molar-refractivity contribution >= 4 is 28.4 Å². The largest absolute Gasteiger partial charge is 0.497 e. The summed E-state index contributed by atoms with van der Waals surface area (Å²) in [6.45, 7) is 9.69. The molecule has 2 N–H and O–H groups in total. The Morgan fingerprint density at radius 2 is 1.61 bits per heavy atom. The van der Waals surface area contributed by atoms with Crippen LogP contribution >= 0.6 is 0 Å². The third kappa shape index (κ3) is 6.60. The van der Waals surface area contributed by atoms with Crippen molar-refractivity contribution in [1.82, 2.24) is 14.5 Å². The van der Waals surface area contributed by atoms with E-state index < -0.39 is 6.03 Å². The van der Waals surface area contributed by atoms with Gasteiger partial charge in [0, 0.05) is 29.4 Å². The number of methoxy groups -OCH3 is 1. The number of benzene rings is 2. The number of aromatic nitrogens is 2. The quantitative estimate of drug-likeness (QED) is 0.222. The van der Waals surface area contributed by atoms with Gasteiger partial charge in [0.05, 0.1) is 7.11 Å². The number of rotatable bonds is 10. The molecule has 2 aromatic carbocycles. The Morgan fingerprint density at radius 1 is 0.951 bits per heavy atom. The van der Waals surface area contributed by atoms with E-state index in [1.54, 1.807) is 17.9 Å². The van der Waals surface area contributed by atoms with Crippen LogP contribution in [0.4, 0.5) is 16.2 Å². The summed E-state index contributed by atoms with van der Waals surface area (Å²) in [6.07, 6.45) is 2.44. The van der Waals surface area contributed by atoms with Crippen LogP contribution < -0.4 is 20.9 Å². The molecule has 0 saturated heterocycles. The lowest BCUT2D eigenvalue weighted by Gasteiger charge is -2.22. The average Bonchev–Trinajstić information content (AvgIpc) is 2.94. The first kappa shape index (κ1) is 29.8. The number of carbonyl (C=O) groups excluding carboxylic acids is 1. The van der Waals surface area contributed by atoms with E-state index in [0.717, 1.165) is 40.7 Å². The number of fused-ring (bicyclic) bond motifs is 1. The van der Waals surface area contributed by atoms with E-state index in [2.05, 4.69) is 48.2 Å². The van der Waals surface area contributed by atoms with Gasteiger partial charge in [-0.1, -0.05) is 58.0 Å². The summed E-state index contributed by atoms with van der Waals surface area (Å²) in [5, 5.41) is 6.83. The Morgan fingerprint density at radius 3 is 2.24 bits per heavy atom. The van der Waals surface area contributed by atoms with Gasteiger partial charge in [-0.05, 0) is 79.9 Å². The summed E-state index contributed by atoms with van der Waals surface area (Å²) in [5.41, 5.74) is 4.71. The highest BCUT2D eigenvalue weighted by Gasteiger charge is 2.23. The zero-order chi connectivity index (χ0) is 29.7. The van der Waals surface area contributed by atoms with Gasteiger partial charge in [0.1, 0.15) is 17.1 Å². The number of para-hydroxylation sites is 1. The van der Waals surface area contributed by atoms with Gasteiger partial charge in [-0.2, -0.15) is 0 Å². The van der Waals surface area contributed by atoms with Crippen LogP contribution in [-0.4, -0.2) is 48.2 Å². The summed E-state index contributed by atoms with van der Waals surface area (Å²) >= 11 is 0. The standard InChI is InChI=1S/C33H41N5O3/c1-21(2)25-14-9-15-26(22(3)4)29(25)35-33(40)36-30-28(23-12-8-13-24(20-23)41-7)27-16-10-17-34-31(27)38(32(30)39)19-11-18-37(5)6/h8-10,12-17,20-22H,11,18-19H2,1-7H3,(H2,35,36,40). The summed E-state index contributed by atoms with van der Waals surface area (Å²) in [5.74, 6) is 1.06. The second-order valence-corrected chi connectivity index (χ2v) is 11.2. The molecule has 0 spiro atoms. The lowest BCUT2D eigenvalue weighted by atomic mass is 9.93. The maximum atomic E-state index is 14.2. The second kappa shape index (κ2) is 13.0. The van der Waals surface area contributed by atoms with Gasteiger partial charge in [0.2, 0.25) is 0 Å². The Hall–Kier alpha value is -4.17. The van der Waals surface area contributed by atoms with Crippen molar-refractivity contribution < 1.29 is 9.53 Å². The molecule has 2 amide bonds. The van der Waals surface area contributed by atoms with Crippen molar-refractivity contribution in [3.05, 3.63) is 82.3 Å². The molecule has 216 valence electrons. The minimum atomic E-state index is -0.468. The molecule has 0 saturated carbocycles. The normalized spacial score (nSPS) is 11.5. The molecule has 4 rings (SSSR count). The van der Waals surface area contributed by atoms with Crippen LogP contribution in [0, 0.1) is 0 Å². The SMILES string of the molecule is COc1cccc(-c2c(NC(=O)Nc3c(C(C)C)cccc3C(C)C)c(=O)n(CCCN(C)C)c3ncccc23)c1. The van der Waals surface area contributed by atoms with Crippen molar-refractivity contribution in [3.8, 4) is 16.9 Å². The molecular formula is C33H41N5O3. The van der Waals surface area contributed by atoms with E-state index in [4.69, 9.17) is 4.74 Å². The van der Waals surface area contributed by atoms with Crippen LogP contribution in [0.5, 0.6) is 5.75 Å². The number of nitrogens with zero attached hydrogens (tertiary/aromatic N) is 3. The highest BCUT2D eigenvalue weighted by atomic mass is 16.5. The predicted octanol–water partition coefficient (Wildman–Crippen LogP) is 6.91. The van der Waals surface area contributed by atoms with E-state index in [1.807, 2.05) is 68.7 Å². The third-order valence-electron chi connectivity index (χ3n) is 7.22. The molecule has 0 aliphatic heterocycles. The van der Waals surface area contributed by atoms with Crippen molar-refractivity contribution in [2.24, 2.45) is 0 Å². The van der Waals surface area contributed by atoms with Crippen molar-refractivity contribution in [1.29, 1.82) is 0 Å². The van der Waals surface area contributed by atoms with Crippen molar-refractivity contribution in [3.63, 3.8) is 0 Å². The molecule has 2 aromatic heterocycles. The average molecular weight is 556 g/mol. The molecule has 2 heterocycles. The minimum Gasteiger partial charge on any atom is -0.497 e. The lowest BCUT2D eigenvalue weighted by Crippen LogP contribution is -2.31. The fraction of sp³-hybridized carbons (Fsp3) is 0.364. The lowest BCUT2D eigenvalue weighted by molar-refractivity contribution is 0.262. The fourth-order valence-corrected chi connectivity index (χ4v) is 5.18. The number of hydrogen-bond acceptors (Lipinski definition) is 5. The number of hydrogen-bond donors (Lipinski definition) is 2. The number of amides is 2. The first-order valence-corrected chi connectivity index (χ1v) is 14.1. The van der Waals surface area contributed by atoms with Gasteiger partial charge in [-0.15, -0.1) is 0 Å². The van der Waals surface area contributed by atoms with Crippen LogP contribution in [0.3, 0.4) is 0 Å². The summed E-state index contributed by atoms with van der Waals surface area (Å²) < 4.78 is 7.15. The van der Waals surface area contributed by atoms with E-state index in [0.29, 0.717) is 23.5 Å². The van der Waals surface area contributed by atoms with Crippen LogP contribution in [0.2, 0.25) is 0 Å². The molecule has 0 radical (unpaired) electrons. The number of urea groups is 1. The van der Waals surface area contributed by atoms with E-state index >= 15 is 0 Å².